The van der Waals surface area contributed by atoms with Crippen molar-refractivity contribution in [3.63, 3.8) is 0 Å². The van der Waals surface area contributed by atoms with E-state index in [1.54, 1.807) is 0 Å². The van der Waals surface area contributed by atoms with Gasteiger partial charge in [0, 0.05) is 31.1 Å². The van der Waals surface area contributed by atoms with Crippen LogP contribution in [0.1, 0.15) is 45.7 Å². The first kappa shape index (κ1) is 20.2. The number of halogens is 5. The Morgan fingerprint density at radius 2 is 2.03 bits per heavy atom. The lowest BCUT2D eigenvalue weighted by Gasteiger charge is -2.33. The van der Waals surface area contributed by atoms with Crippen LogP contribution in [0.5, 0.6) is 0 Å². The normalized spacial score (nSPS) is 16.7. The molecule has 0 bridgehead atoms. The summed E-state index contributed by atoms with van der Waals surface area (Å²) in [5.74, 6) is -0.713. The molecule has 13 heteroatoms. The van der Waals surface area contributed by atoms with Gasteiger partial charge in [-0.1, -0.05) is 0 Å². The van der Waals surface area contributed by atoms with Gasteiger partial charge in [0.15, 0.2) is 0 Å². The fourth-order valence-electron chi connectivity index (χ4n) is 3.91. The van der Waals surface area contributed by atoms with Crippen molar-refractivity contribution >= 4 is 11.4 Å². The summed E-state index contributed by atoms with van der Waals surface area (Å²) in [5.41, 5.74) is 0.458. The predicted octanol–water partition coefficient (Wildman–Crippen LogP) is 3.46. The topological polar surface area (TPSA) is 84.1 Å². The van der Waals surface area contributed by atoms with E-state index < -0.39 is 30.2 Å². The van der Waals surface area contributed by atoms with E-state index >= 15 is 0 Å². The molecular weight excluding hydrogens is 437 g/mol. The molecule has 8 nitrogen and oxygen atoms in total. The summed E-state index contributed by atoms with van der Waals surface area (Å²) in [6.07, 6.45) is -0.420. The molecule has 166 valence electrons. The summed E-state index contributed by atoms with van der Waals surface area (Å²) >= 11 is 0. The largest absolute Gasteiger partial charge is 0.416 e. The maximum absolute atomic E-state index is 13.3. The summed E-state index contributed by atoms with van der Waals surface area (Å²) in [6.45, 7) is -2.85. The van der Waals surface area contributed by atoms with Crippen molar-refractivity contribution < 1.29 is 26.7 Å². The van der Waals surface area contributed by atoms with Crippen LogP contribution in [0.25, 0.3) is 5.52 Å². The fraction of sp³-hybridized carbons (Fsp3) is 0.263. The van der Waals surface area contributed by atoms with Gasteiger partial charge in [0.2, 0.25) is 0 Å². The van der Waals surface area contributed by atoms with Crippen molar-refractivity contribution in [3.05, 3.63) is 71.3 Å². The quantitative estimate of drug-likeness (QED) is 0.484. The third kappa shape index (κ3) is 3.20. The van der Waals surface area contributed by atoms with E-state index in [1.807, 2.05) is 0 Å². The average molecular weight is 451 g/mol. The molecule has 1 N–H and O–H groups in total. The number of alkyl halides is 5. The third-order valence-corrected chi connectivity index (χ3v) is 5.35. The van der Waals surface area contributed by atoms with Crippen LogP contribution in [0, 0.1) is 0 Å². The zero-order valence-corrected chi connectivity index (χ0v) is 16.1. The van der Waals surface area contributed by atoms with E-state index in [1.165, 1.54) is 34.1 Å². The van der Waals surface area contributed by atoms with E-state index in [0.29, 0.717) is 16.8 Å². The Kier molecular flexibility index (Phi) is 4.50. The zero-order valence-electron chi connectivity index (χ0n) is 16.1. The summed E-state index contributed by atoms with van der Waals surface area (Å²) in [4.78, 5) is 21.8. The van der Waals surface area contributed by atoms with Crippen LogP contribution in [-0.4, -0.2) is 46.7 Å². The van der Waals surface area contributed by atoms with Gasteiger partial charge in [0.1, 0.15) is 11.7 Å². The molecule has 1 aliphatic rings. The number of fused-ring (bicyclic) bond motifs is 2. The van der Waals surface area contributed by atoms with E-state index in [-0.39, 0.29) is 23.4 Å². The lowest BCUT2D eigenvalue weighted by molar-refractivity contribution is -0.137. The van der Waals surface area contributed by atoms with Crippen molar-refractivity contribution in [1.82, 2.24) is 34.3 Å². The van der Waals surface area contributed by atoms with Crippen LogP contribution in [0.4, 0.5) is 22.0 Å². The molecule has 0 saturated heterocycles. The molecule has 0 spiro atoms. The number of hydrogen-bond donors (Lipinski definition) is 1. The highest BCUT2D eigenvalue weighted by molar-refractivity contribution is 5.93. The Morgan fingerprint density at radius 3 is 2.78 bits per heavy atom. The van der Waals surface area contributed by atoms with Gasteiger partial charge in [0.25, 0.3) is 5.91 Å². The molecule has 1 unspecified atom stereocenters. The van der Waals surface area contributed by atoms with Crippen molar-refractivity contribution in [2.45, 2.75) is 25.2 Å². The van der Waals surface area contributed by atoms with Crippen LogP contribution in [0.2, 0.25) is 0 Å². The van der Waals surface area contributed by atoms with Crippen LogP contribution in [-0.2, 0) is 12.6 Å². The van der Waals surface area contributed by atoms with Crippen LogP contribution < -0.4 is 0 Å². The summed E-state index contributed by atoms with van der Waals surface area (Å²) < 4.78 is 67.4. The van der Waals surface area contributed by atoms with Gasteiger partial charge in [-0.05, 0) is 24.3 Å². The first-order valence-electron chi connectivity index (χ1n) is 9.45. The van der Waals surface area contributed by atoms with Gasteiger partial charge >= 0.3 is 12.7 Å². The highest BCUT2D eigenvalue weighted by Crippen LogP contribution is 2.35. The molecule has 0 fully saturated rings. The summed E-state index contributed by atoms with van der Waals surface area (Å²) in [5, 5.41) is 7.84. The smallest absolute Gasteiger partial charge is 0.348 e. The lowest BCUT2D eigenvalue weighted by Crippen LogP contribution is -2.41. The van der Waals surface area contributed by atoms with Crippen LogP contribution >= 0.6 is 0 Å². The number of pyridine rings is 1. The van der Waals surface area contributed by atoms with Crippen molar-refractivity contribution in [2.24, 2.45) is 0 Å². The zero-order chi connectivity index (χ0) is 22.6. The van der Waals surface area contributed by atoms with Gasteiger partial charge in [-0.25, -0.2) is 9.50 Å². The average Bonchev–Trinajstić information content (AvgIpc) is 3.49. The number of carbonyl (C=O) groups is 1. The Balaban J connectivity index is 1.60. The SMILES string of the molecule is O=C(c1ccnn1C(F)F)N1CCc2[nH]cnc2C1c1cc2cc(C(F)(F)F)ccn2n1. The molecule has 5 rings (SSSR count). The molecular formula is C19H14F5N7O. The molecule has 4 aromatic heterocycles. The number of imidazole rings is 1. The number of rotatable bonds is 3. The van der Waals surface area contributed by atoms with Crippen LogP contribution in [0.15, 0.2) is 43.0 Å². The standard InChI is InChI=1S/C19H14F5N7O/c20-18(21)31-14(1-4-27-31)17(32)29-5-3-12-15(26-9-25-12)16(29)13-8-11-7-10(19(22,23)24)2-6-30(11)28-13/h1-2,4,6-9,16,18H,3,5H2,(H,25,26). The van der Waals surface area contributed by atoms with Crippen LogP contribution in [0.3, 0.4) is 0 Å². The van der Waals surface area contributed by atoms with E-state index in [9.17, 15) is 26.7 Å². The maximum atomic E-state index is 13.3. The number of aromatic nitrogens is 6. The molecule has 4 aromatic rings. The molecule has 0 aliphatic carbocycles. The number of nitrogens with one attached hydrogen (secondary N) is 1. The van der Waals surface area contributed by atoms with Crippen molar-refractivity contribution in [1.29, 1.82) is 0 Å². The number of amides is 1. The second kappa shape index (κ2) is 7.14. The maximum Gasteiger partial charge on any atom is 0.416 e. The highest BCUT2D eigenvalue weighted by Gasteiger charge is 2.38. The minimum Gasteiger partial charge on any atom is -0.348 e. The number of carbonyl (C=O) groups excluding carboxylic acids is 1. The molecule has 0 radical (unpaired) electrons. The second-order valence-corrected chi connectivity index (χ2v) is 7.21. The molecule has 0 saturated carbocycles. The Labute approximate surface area is 176 Å². The number of aromatic amines is 1. The number of nitrogens with zero attached hydrogens (tertiary/aromatic N) is 6. The van der Waals surface area contributed by atoms with Gasteiger partial charge < -0.3 is 9.88 Å². The Morgan fingerprint density at radius 1 is 1.22 bits per heavy atom. The van der Waals surface area contributed by atoms with Crippen molar-refractivity contribution in [3.8, 4) is 0 Å². The molecule has 0 aromatic carbocycles. The fourth-order valence-corrected chi connectivity index (χ4v) is 3.91. The Bertz CT molecular complexity index is 1300. The first-order valence-corrected chi connectivity index (χ1v) is 9.45. The monoisotopic (exact) mass is 451 g/mol. The van der Waals surface area contributed by atoms with E-state index in [0.717, 1.165) is 24.0 Å². The van der Waals surface area contributed by atoms with Gasteiger partial charge in [-0.3, -0.25) is 4.79 Å². The van der Waals surface area contributed by atoms with E-state index in [2.05, 4.69) is 20.2 Å². The number of hydrogen-bond acceptors (Lipinski definition) is 4. The number of H-pyrrole nitrogens is 1. The molecule has 32 heavy (non-hydrogen) atoms. The first-order chi connectivity index (χ1) is 15.2. The third-order valence-electron chi connectivity index (χ3n) is 5.35. The lowest BCUT2D eigenvalue weighted by atomic mass is 9.99. The van der Waals surface area contributed by atoms with Gasteiger partial charge in [-0.15, -0.1) is 0 Å². The second-order valence-electron chi connectivity index (χ2n) is 7.21. The molecule has 1 amide bonds. The molecule has 1 atom stereocenters. The molecule has 5 heterocycles. The Hall–Kier alpha value is -3.77. The summed E-state index contributed by atoms with van der Waals surface area (Å²) in [6, 6.07) is 3.57. The highest BCUT2D eigenvalue weighted by atomic mass is 19.4. The predicted molar refractivity (Wildman–Crippen MR) is 98.8 cm³/mol. The summed E-state index contributed by atoms with van der Waals surface area (Å²) in [7, 11) is 0. The van der Waals surface area contributed by atoms with E-state index in [4.69, 9.17) is 0 Å². The minimum atomic E-state index is -4.53. The van der Waals surface area contributed by atoms with Gasteiger partial charge in [0.05, 0.1) is 28.8 Å². The molecule has 1 aliphatic heterocycles. The van der Waals surface area contributed by atoms with Crippen molar-refractivity contribution in [2.75, 3.05) is 6.54 Å². The van der Waals surface area contributed by atoms with Gasteiger partial charge in [-0.2, -0.15) is 36.8 Å². The minimum absolute atomic E-state index is 0.161.